The zero-order chi connectivity index (χ0) is 22.2. The van der Waals surface area contributed by atoms with Crippen molar-refractivity contribution in [3.63, 3.8) is 0 Å². The number of ketones is 1. The molecule has 0 aliphatic heterocycles. The van der Waals surface area contributed by atoms with Crippen LogP contribution in [0.3, 0.4) is 0 Å². The smallest absolute Gasteiger partial charge is 0.130 e. The lowest BCUT2D eigenvalue weighted by Gasteiger charge is -2.11. The number of rotatable bonds is 14. The second kappa shape index (κ2) is 16.2. The van der Waals surface area contributed by atoms with Crippen molar-refractivity contribution in [2.45, 2.75) is 107 Å². The van der Waals surface area contributed by atoms with Crippen molar-refractivity contribution in [1.82, 2.24) is 0 Å². The average Bonchev–Trinajstić information content (AvgIpc) is 2.58. The Morgan fingerprint density at radius 1 is 0.621 bits per heavy atom. The third kappa shape index (κ3) is 18.2. The van der Waals surface area contributed by atoms with Crippen molar-refractivity contribution in [2.24, 2.45) is 5.92 Å². The lowest BCUT2D eigenvalue weighted by atomic mass is 9.93. The molecule has 29 heavy (non-hydrogen) atoms. The number of hydrogen-bond donors (Lipinski definition) is 0. The Kier molecular flexibility index (Phi) is 15.3. The van der Waals surface area contributed by atoms with Crippen LogP contribution in [0.25, 0.3) is 0 Å². The van der Waals surface area contributed by atoms with Gasteiger partial charge in [-0.05, 0) is 106 Å². The van der Waals surface area contributed by atoms with Gasteiger partial charge in [0.2, 0.25) is 0 Å². The van der Waals surface area contributed by atoms with Gasteiger partial charge in [-0.25, -0.2) is 0 Å². The number of carbonyl (C=O) groups is 1. The number of carbonyl (C=O) groups excluding carboxylic acids is 1. The van der Waals surface area contributed by atoms with Gasteiger partial charge in [-0.2, -0.15) is 0 Å². The first kappa shape index (κ1) is 27.4. The van der Waals surface area contributed by atoms with E-state index in [1.54, 1.807) is 6.92 Å². The standard InChI is InChI=1S/C28H46O/c1-22(2)12-9-14-24(5)16-11-17-26(7)20-28(21-27(8)29)19-18-25(6)15-10-13-23(3)4/h12-13,16,18,20,28H,9-11,14-15,17,19,21H2,1-8H3/b24-16?,25-18+,26-20?. The molecule has 0 aromatic rings. The predicted octanol–water partition coefficient (Wildman–Crippen LogP) is 9.08. The van der Waals surface area contributed by atoms with Gasteiger partial charge in [0.05, 0.1) is 0 Å². The van der Waals surface area contributed by atoms with E-state index in [1.165, 1.54) is 27.9 Å². The fraction of sp³-hybridized carbons (Fsp3) is 0.607. The van der Waals surface area contributed by atoms with Crippen LogP contribution in [-0.4, -0.2) is 5.78 Å². The molecule has 164 valence electrons. The molecule has 0 saturated carbocycles. The Labute approximate surface area is 181 Å². The summed E-state index contributed by atoms with van der Waals surface area (Å²) in [5, 5.41) is 0. The van der Waals surface area contributed by atoms with Crippen LogP contribution in [0.2, 0.25) is 0 Å². The van der Waals surface area contributed by atoms with E-state index >= 15 is 0 Å². The second-order valence-electron chi connectivity index (χ2n) is 9.19. The number of allylic oxidation sites excluding steroid dienone is 10. The highest BCUT2D eigenvalue weighted by atomic mass is 16.1. The third-order valence-corrected chi connectivity index (χ3v) is 5.05. The molecule has 0 heterocycles. The summed E-state index contributed by atoms with van der Waals surface area (Å²) in [4.78, 5) is 11.7. The van der Waals surface area contributed by atoms with Crippen molar-refractivity contribution in [3.05, 3.63) is 58.2 Å². The Balaban J connectivity index is 4.68. The van der Waals surface area contributed by atoms with Gasteiger partial charge >= 0.3 is 0 Å². The molecule has 0 spiro atoms. The van der Waals surface area contributed by atoms with Gasteiger partial charge in [-0.1, -0.05) is 58.2 Å². The summed E-state index contributed by atoms with van der Waals surface area (Å²) < 4.78 is 0. The summed E-state index contributed by atoms with van der Waals surface area (Å²) in [6.45, 7) is 17.0. The summed E-state index contributed by atoms with van der Waals surface area (Å²) in [7, 11) is 0. The van der Waals surface area contributed by atoms with Crippen molar-refractivity contribution in [3.8, 4) is 0 Å². The first-order chi connectivity index (χ1) is 13.6. The topological polar surface area (TPSA) is 17.1 Å². The molecule has 1 atom stereocenters. The number of Topliss-reactive ketones (excluding diaryl/α,β-unsaturated/α-hetero) is 1. The van der Waals surface area contributed by atoms with Gasteiger partial charge in [0.1, 0.15) is 5.78 Å². The zero-order valence-corrected chi connectivity index (χ0v) is 20.5. The Hall–Kier alpha value is -1.63. The molecule has 0 bridgehead atoms. The molecule has 0 aromatic carbocycles. The van der Waals surface area contributed by atoms with Crippen molar-refractivity contribution in [1.29, 1.82) is 0 Å². The molecule has 1 nitrogen and oxygen atoms in total. The van der Waals surface area contributed by atoms with Gasteiger partial charge in [0.15, 0.2) is 0 Å². The van der Waals surface area contributed by atoms with Crippen LogP contribution in [0, 0.1) is 5.92 Å². The van der Waals surface area contributed by atoms with Crippen LogP contribution < -0.4 is 0 Å². The van der Waals surface area contributed by atoms with E-state index in [1.807, 2.05) is 0 Å². The predicted molar refractivity (Wildman–Crippen MR) is 131 cm³/mol. The minimum Gasteiger partial charge on any atom is -0.300 e. The lowest BCUT2D eigenvalue weighted by molar-refractivity contribution is -0.117. The van der Waals surface area contributed by atoms with E-state index in [0.29, 0.717) is 12.3 Å². The van der Waals surface area contributed by atoms with Gasteiger partial charge in [-0.3, -0.25) is 0 Å². The molecular weight excluding hydrogens is 352 g/mol. The molecule has 0 fully saturated rings. The highest BCUT2D eigenvalue weighted by Crippen LogP contribution is 2.20. The molecule has 0 aromatic heterocycles. The summed E-state index contributed by atoms with van der Waals surface area (Å²) in [5.41, 5.74) is 7.09. The first-order valence-electron chi connectivity index (χ1n) is 11.3. The largest absolute Gasteiger partial charge is 0.300 e. The van der Waals surface area contributed by atoms with E-state index < -0.39 is 0 Å². The van der Waals surface area contributed by atoms with Gasteiger partial charge in [0.25, 0.3) is 0 Å². The van der Waals surface area contributed by atoms with Crippen molar-refractivity contribution >= 4 is 5.78 Å². The van der Waals surface area contributed by atoms with Crippen LogP contribution >= 0.6 is 0 Å². The SMILES string of the molecule is CC(=O)CC(C=C(C)CCC=C(C)CCC=C(C)C)C/C=C(\C)CCC=C(C)C. The zero-order valence-electron chi connectivity index (χ0n) is 20.5. The van der Waals surface area contributed by atoms with Gasteiger partial charge < -0.3 is 4.79 Å². The van der Waals surface area contributed by atoms with Crippen LogP contribution in [-0.2, 0) is 4.79 Å². The highest BCUT2D eigenvalue weighted by Gasteiger charge is 2.08. The molecule has 0 amide bonds. The molecule has 1 heteroatoms. The van der Waals surface area contributed by atoms with Crippen LogP contribution in [0.5, 0.6) is 0 Å². The fourth-order valence-electron chi connectivity index (χ4n) is 3.35. The van der Waals surface area contributed by atoms with Gasteiger partial charge in [-0.15, -0.1) is 0 Å². The molecule has 0 saturated heterocycles. The van der Waals surface area contributed by atoms with Crippen LogP contribution in [0.1, 0.15) is 107 Å². The third-order valence-electron chi connectivity index (χ3n) is 5.05. The monoisotopic (exact) mass is 398 g/mol. The Morgan fingerprint density at radius 3 is 1.55 bits per heavy atom. The maximum atomic E-state index is 11.7. The van der Waals surface area contributed by atoms with E-state index in [0.717, 1.165) is 44.9 Å². The minimum atomic E-state index is 0.282. The first-order valence-corrected chi connectivity index (χ1v) is 11.3. The molecular formula is C28H46O. The van der Waals surface area contributed by atoms with Gasteiger partial charge in [0, 0.05) is 6.42 Å². The molecule has 0 aliphatic rings. The van der Waals surface area contributed by atoms with E-state index in [-0.39, 0.29) is 5.78 Å². The molecule has 0 radical (unpaired) electrons. The van der Waals surface area contributed by atoms with E-state index in [9.17, 15) is 4.79 Å². The lowest BCUT2D eigenvalue weighted by Crippen LogP contribution is -2.03. The molecule has 0 aliphatic carbocycles. The summed E-state index contributed by atoms with van der Waals surface area (Å²) in [5.74, 6) is 0.610. The molecule has 0 N–H and O–H groups in total. The summed E-state index contributed by atoms with van der Waals surface area (Å²) in [6, 6.07) is 0. The Bertz CT molecular complexity index is 629. The van der Waals surface area contributed by atoms with E-state index in [4.69, 9.17) is 0 Å². The van der Waals surface area contributed by atoms with Crippen LogP contribution in [0.15, 0.2) is 58.2 Å². The van der Waals surface area contributed by atoms with Crippen molar-refractivity contribution < 1.29 is 4.79 Å². The number of hydrogen-bond acceptors (Lipinski definition) is 1. The Morgan fingerprint density at radius 2 is 1.07 bits per heavy atom. The molecule has 1 unspecified atom stereocenters. The highest BCUT2D eigenvalue weighted by molar-refractivity contribution is 5.76. The normalized spacial score (nSPS) is 13.9. The fourth-order valence-corrected chi connectivity index (χ4v) is 3.35. The average molecular weight is 399 g/mol. The summed E-state index contributed by atoms with van der Waals surface area (Å²) in [6.07, 6.45) is 20.0. The second-order valence-corrected chi connectivity index (χ2v) is 9.19. The van der Waals surface area contributed by atoms with Crippen molar-refractivity contribution in [2.75, 3.05) is 0 Å². The maximum absolute atomic E-state index is 11.7. The minimum absolute atomic E-state index is 0.282. The van der Waals surface area contributed by atoms with E-state index in [2.05, 4.69) is 78.8 Å². The van der Waals surface area contributed by atoms with Crippen LogP contribution in [0.4, 0.5) is 0 Å². The summed E-state index contributed by atoms with van der Waals surface area (Å²) >= 11 is 0. The quantitative estimate of drug-likeness (QED) is 0.267. The maximum Gasteiger partial charge on any atom is 0.130 e. The molecule has 0 rings (SSSR count).